The summed E-state index contributed by atoms with van der Waals surface area (Å²) in [6.07, 6.45) is 3.36. The summed E-state index contributed by atoms with van der Waals surface area (Å²) in [5, 5.41) is 2.77. The quantitative estimate of drug-likeness (QED) is 0.916. The molecule has 1 amide bonds. The monoisotopic (exact) mass is 276 g/mol. The van der Waals surface area contributed by atoms with E-state index in [1.165, 1.54) is 19.3 Å². The predicted octanol–water partition coefficient (Wildman–Crippen LogP) is 3.42. The van der Waals surface area contributed by atoms with Crippen molar-refractivity contribution in [3.63, 3.8) is 0 Å². The number of rotatable bonds is 4. The molecule has 4 nitrogen and oxygen atoms in total. The van der Waals surface area contributed by atoms with E-state index in [-0.39, 0.29) is 12.2 Å². The van der Waals surface area contributed by atoms with Crippen molar-refractivity contribution in [1.82, 2.24) is 4.90 Å². The van der Waals surface area contributed by atoms with E-state index in [4.69, 9.17) is 4.74 Å². The first-order valence-corrected chi connectivity index (χ1v) is 7.40. The number of piperidine rings is 1. The Balaban J connectivity index is 1.75. The number of nitrogens with one attached hydrogen (secondary N) is 1. The number of anilines is 1. The van der Waals surface area contributed by atoms with Gasteiger partial charge in [0, 0.05) is 12.2 Å². The van der Waals surface area contributed by atoms with E-state index in [0.29, 0.717) is 0 Å². The summed E-state index contributed by atoms with van der Waals surface area (Å²) in [7, 11) is 0. The third kappa shape index (κ3) is 4.85. The number of nitrogens with zero attached hydrogens (tertiary/aromatic N) is 1. The zero-order valence-corrected chi connectivity index (χ0v) is 12.4. The summed E-state index contributed by atoms with van der Waals surface area (Å²) in [5.74, 6) is 0. The lowest BCUT2D eigenvalue weighted by atomic mass is 10.1. The van der Waals surface area contributed by atoms with E-state index in [1.54, 1.807) is 0 Å². The molecule has 1 aliphatic heterocycles. The normalized spacial score (nSPS) is 17.5. The second-order valence-corrected chi connectivity index (χ2v) is 5.57. The van der Waals surface area contributed by atoms with Crippen molar-refractivity contribution in [2.24, 2.45) is 0 Å². The summed E-state index contributed by atoms with van der Waals surface area (Å²) in [4.78, 5) is 14.2. The molecule has 0 bridgehead atoms. The molecule has 4 heteroatoms. The number of carbonyl (C=O) groups is 1. The molecule has 0 spiro atoms. The molecule has 1 atom stereocenters. The topological polar surface area (TPSA) is 41.6 Å². The Morgan fingerprint density at radius 1 is 1.35 bits per heavy atom. The summed E-state index contributed by atoms with van der Waals surface area (Å²) >= 11 is 0. The van der Waals surface area contributed by atoms with E-state index in [0.717, 1.165) is 30.9 Å². The average Bonchev–Trinajstić information content (AvgIpc) is 2.39. The van der Waals surface area contributed by atoms with Gasteiger partial charge in [0.15, 0.2) is 0 Å². The summed E-state index contributed by atoms with van der Waals surface area (Å²) < 4.78 is 5.41. The largest absolute Gasteiger partial charge is 0.445 e. The van der Waals surface area contributed by atoms with E-state index in [2.05, 4.69) is 10.2 Å². The van der Waals surface area contributed by atoms with Crippen molar-refractivity contribution in [1.29, 1.82) is 0 Å². The highest BCUT2D eigenvalue weighted by Crippen LogP contribution is 2.12. The highest BCUT2D eigenvalue weighted by Gasteiger charge is 2.16. The van der Waals surface area contributed by atoms with Gasteiger partial charge in [-0.2, -0.15) is 0 Å². The van der Waals surface area contributed by atoms with Crippen molar-refractivity contribution in [3.05, 3.63) is 29.8 Å². The van der Waals surface area contributed by atoms with Gasteiger partial charge in [-0.05, 0) is 57.5 Å². The van der Waals surface area contributed by atoms with Crippen LogP contribution in [0.2, 0.25) is 0 Å². The van der Waals surface area contributed by atoms with E-state index in [1.807, 2.05) is 38.1 Å². The lowest BCUT2D eigenvalue weighted by molar-refractivity contribution is 0.0833. The molecule has 1 aliphatic rings. The van der Waals surface area contributed by atoms with Gasteiger partial charge in [-0.25, -0.2) is 4.79 Å². The lowest BCUT2D eigenvalue weighted by Crippen LogP contribution is -2.37. The number of ether oxygens (including phenoxy) is 1. The Bertz CT molecular complexity index is 442. The molecule has 2 rings (SSSR count). The summed E-state index contributed by atoms with van der Waals surface area (Å²) in [5.41, 5.74) is 1.89. The lowest BCUT2D eigenvalue weighted by Gasteiger charge is -2.28. The molecule has 0 aliphatic carbocycles. The molecular weight excluding hydrogens is 252 g/mol. The Labute approximate surface area is 121 Å². The van der Waals surface area contributed by atoms with E-state index in [9.17, 15) is 4.79 Å². The highest BCUT2D eigenvalue weighted by molar-refractivity contribution is 5.84. The molecule has 1 fully saturated rings. The van der Waals surface area contributed by atoms with Crippen LogP contribution < -0.4 is 5.32 Å². The SMILES string of the molecule is Cc1cccc(NC(=O)O[C@@H](C)CN2CCCCC2)c1. The smallest absolute Gasteiger partial charge is 0.411 e. The first-order valence-electron chi connectivity index (χ1n) is 7.40. The van der Waals surface area contributed by atoms with Crippen LogP contribution in [0.5, 0.6) is 0 Å². The van der Waals surface area contributed by atoms with Gasteiger partial charge in [-0.15, -0.1) is 0 Å². The molecule has 0 aromatic heterocycles. The zero-order valence-electron chi connectivity index (χ0n) is 12.4. The van der Waals surface area contributed by atoms with Crippen LogP contribution in [0.3, 0.4) is 0 Å². The van der Waals surface area contributed by atoms with Crippen molar-refractivity contribution in [2.75, 3.05) is 25.0 Å². The Hall–Kier alpha value is -1.55. The second-order valence-electron chi connectivity index (χ2n) is 5.57. The number of likely N-dealkylation sites (tertiary alicyclic amines) is 1. The highest BCUT2D eigenvalue weighted by atomic mass is 16.6. The Morgan fingerprint density at radius 3 is 2.80 bits per heavy atom. The zero-order chi connectivity index (χ0) is 14.4. The van der Waals surface area contributed by atoms with Crippen LogP contribution in [0.25, 0.3) is 0 Å². The van der Waals surface area contributed by atoms with Crippen LogP contribution in [0, 0.1) is 6.92 Å². The number of hydrogen-bond acceptors (Lipinski definition) is 3. The molecule has 110 valence electrons. The first kappa shape index (κ1) is 14.9. The van der Waals surface area contributed by atoms with Crippen molar-refractivity contribution in [2.45, 2.75) is 39.2 Å². The van der Waals surface area contributed by atoms with E-state index < -0.39 is 0 Å². The van der Waals surface area contributed by atoms with Crippen LogP contribution in [-0.4, -0.2) is 36.7 Å². The van der Waals surface area contributed by atoms with Crippen LogP contribution >= 0.6 is 0 Å². The minimum atomic E-state index is -0.375. The molecular formula is C16H24N2O2. The fraction of sp³-hybridized carbons (Fsp3) is 0.562. The molecule has 20 heavy (non-hydrogen) atoms. The molecule has 0 unspecified atom stereocenters. The molecule has 1 saturated heterocycles. The number of benzene rings is 1. The van der Waals surface area contributed by atoms with Gasteiger partial charge in [-0.3, -0.25) is 10.2 Å². The van der Waals surface area contributed by atoms with Gasteiger partial charge >= 0.3 is 6.09 Å². The fourth-order valence-corrected chi connectivity index (χ4v) is 2.60. The standard InChI is InChI=1S/C16H24N2O2/c1-13-7-6-8-15(11-13)17-16(19)20-14(2)12-18-9-4-3-5-10-18/h6-8,11,14H,3-5,9-10,12H2,1-2H3,(H,17,19)/t14-/m0/s1. The molecule has 0 radical (unpaired) electrons. The molecule has 1 N–H and O–H groups in total. The van der Waals surface area contributed by atoms with E-state index >= 15 is 0 Å². The molecule has 0 saturated carbocycles. The van der Waals surface area contributed by atoms with Gasteiger partial charge in [0.1, 0.15) is 6.10 Å². The summed E-state index contributed by atoms with van der Waals surface area (Å²) in [6, 6.07) is 7.71. The maximum Gasteiger partial charge on any atom is 0.411 e. The predicted molar refractivity (Wildman–Crippen MR) is 81.0 cm³/mol. The van der Waals surface area contributed by atoms with Crippen LogP contribution in [-0.2, 0) is 4.74 Å². The van der Waals surface area contributed by atoms with Gasteiger partial charge in [0.2, 0.25) is 0 Å². The number of carbonyl (C=O) groups excluding carboxylic acids is 1. The van der Waals surface area contributed by atoms with Gasteiger partial charge < -0.3 is 4.74 Å². The van der Waals surface area contributed by atoms with Gasteiger partial charge in [-0.1, -0.05) is 18.6 Å². The van der Waals surface area contributed by atoms with Gasteiger partial charge in [0.25, 0.3) is 0 Å². The van der Waals surface area contributed by atoms with Gasteiger partial charge in [0.05, 0.1) is 0 Å². The molecule has 1 aromatic carbocycles. The average molecular weight is 276 g/mol. The van der Waals surface area contributed by atoms with Crippen LogP contribution in [0.15, 0.2) is 24.3 Å². The summed E-state index contributed by atoms with van der Waals surface area (Å²) in [6.45, 7) is 7.00. The third-order valence-electron chi connectivity index (χ3n) is 3.54. The molecule has 1 aromatic rings. The third-order valence-corrected chi connectivity index (χ3v) is 3.54. The maximum absolute atomic E-state index is 11.8. The second kappa shape index (κ2) is 7.29. The van der Waals surface area contributed by atoms with Crippen LogP contribution in [0.4, 0.5) is 10.5 Å². The van der Waals surface area contributed by atoms with Crippen molar-refractivity contribution in [3.8, 4) is 0 Å². The number of amides is 1. The Kier molecular flexibility index (Phi) is 5.41. The maximum atomic E-state index is 11.8. The Morgan fingerprint density at radius 2 is 2.10 bits per heavy atom. The van der Waals surface area contributed by atoms with Crippen LogP contribution in [0.1, 0.15) is 31.7 Å². The number of hydrogen-bond donors (Lipinski definition) is 1. The van der Waals surface area contributed by atoms with Crippen molar-refractivity contribution < 1.29 is 9.53 Å². The molecule has 1 heterocycles. The minimum absolute atomic E-state index is 0.0853. The van der Waals surface area contributed by atoms with Crippen molar-refractivity contribution >= 4 is 11.8 Å². The minimum Gasteiger partial charge on any atom is -0.445 e. The fourth-order valence-electron chi connectivity index (χ4n) is 2.60. The number of aryl methyl sites for hydroxylation is 1. The first-order chi connectivity index (χ1) is 9.63.